The van der Waals surface area contributed by atoms with Gasteiger partial charge < -0.3 is 15.2 Å². The van der Waals surface area contributed by atoms with Crippen LogP contribution in [0.4, 0.5) is 18.0 Å². The molecule has 1 aromatic carbocycles. The summed E-state index contributed by atoms with van der Waals surface area (Å²) >= 11 is 5.72. The third-order valence-electron chi connectivity index (χ3n) is 2.93. The van der Waals surface area contributed by atoms with Crippen molar-refractivity contribution in [1.82, 2.24) is 15.8 Å². The monoisotopic (exact) mass is 347 g/mol. The van der Waals surface area contributed by atoms with Gasteiger partial charge in [-0.3, -0.25) is 0 Å². The normalized spacial score (nSPS) is 12.7. The summed E-state index contributed by atoms with van der Waals surface area (Å²) in [6, 6.07) is 5.39. The van der Waals surface area contributed by atoms with E-state index in [4.69, 9.17) is 11.6 Å². The number of benzene rings is 1. The Morgan fingerprint density at radius 3 is 2.52 bits per heavy atom. The molecule has 1 heterocycles. The SMILES string of the molecule is O=C(NCc1ccon1)N[C@H](CC(F)(F)F)c1ccc(Cl)cc1. The lowest BCUT2D eigenvalue weighted by Gasteiger charge is -2.21. The van der Waals surface area contributed by atoms with E-state index in [0.717, 1.165) is 0 Å². The van der Waals surface area contributed by atoms with Crippen LogP contribution in [0.5, 0.6) is 0 Å². The first-order valence-corrected chi connectivity index (χ1v) is 6.97. The number of nitrogens with one attached hydrogen (secondary N) is 2. The van der Waals surface area contributed by atoms with E-state index in [1.54, 1.807) is 0 Å². The molecule has 5 nitrogen and oxygen atoms in total. The maximum Gasteiger partial charge on any atom is 0.391 e. The fourth-order valence-corrected chi connectivity index (χ4v) is 2.01. The molecule has 0 aliphatic rings. The van der Waals surface area contributed by atoms with Crippen molar-refractivity contribution in [2.45, 2.75) is 25.2 Å². The van der Waals surface area contributed by atoms with E-state index in [1.807, 2.05) is 0 Å². The Balaban J connectivity index is 2.01. The van der Waals surface area contributed by atoms with Gasteiger partial charge in [-0.15, -0.1) is 0 Å². The van der Waals surface area contributed by atoms with Gasteiger partial charge in [-0.2, -0.15) is 13.2 Å². The second kappa shape index (κ2) is 7.36. The smallest absolute Gasteiger partial charge is 0.364 e. The van der Waals surface area contributed by atoms with Crippen LogP contribution < -0.4 is 10.6 Å². The second-order valence-corrected chi connectivity index (χ2v) is 5.18. The van der Waals surface area contributed by atoms with Crippen molar-refractivity contribution in [3.8, 4) is 0 Å². The lowest BCUT2D eigenvalue weighted by Crippen LogP contribution is -2.39. The summed E-state index contributed by atoms with van der Waals surface area (Å²) in [7, 11) is 0. The van der Waals surface area contributed by atoms with Gasteiger partial charge in [0.25, 0.3) is 0 Å². The van der Waals surface area contributed by atoms with Gasteiger partial charge >= 0.3 is 12.2 Å². The van der Waals surface area contributed by atoms with Gasteiger partial charge in [0.05, 0.1) is 19.0 Å². The number of halogens is 4. The van der Waals surface area contributed by atoms with Gasteiger partial charge in [-0.1, -0.05) is 28.9 Å². The number of alkyl halides is 3. The number of aromatic nitrogens is 1. The van der Waals surface area contributed by atoms with E-state index < -0.39 is 24.7 Å². The molecule has 1 aromatic heterocycles. The van der Waals surface area contributed by atoms with Crippen molar-refractivity contribution < 1.29 is 22.5 Å². The molecule has 0 saturated carbocycles. The van der Waals surface area contributed by atoms with Gasteiger partial charge in [0, 0.05) is 11.1 Å². The molecule has 2 N–H and O–H groups in total. The molecule has 1 atom stereocenters. The van der Waals surface area contributed by atoms with Crippen molar-refractivity contribution in [1.29, 1.82) is 0 Å². The van der Waals surface area contributed by atoms with E-state index in [-0.39, 0.29) is 6.54 Å². The lowest BCUT2D eigenvalue weighted by molar-refractivity contribution is -0.139. The third-order valence-corrected chi connectivity index (χ3v) is 3.19. The van der Waals surface area contributed by atoms with E-state index in [1.165, 1.54) is 36.6 Å². The maximum atomic E-state index is 12.7. The number of carbonyl (C=O) groups is 1. The first-order valence-electron chi connectivity index (χ1n) is 6.59. The van der Waals surface area contributed by atoms with Gasteiger partial charge in [0.2, 0.25) is 0 Å². The third kappa shape index (κ3) is 5.82. The van der Waals surface area contributed by atoms with Crippen molar-refractivity contribution in [3.63, 3.8) is 0 Å². The van der Waals surface area contributed by atoms with Crippen LogP contribution in [-0.4, -0.2) is 17.4 Å². The zero-order valence-electron chi connectivity index (χ0n) is 11.7. The van der Waals surface area contributed by atoms with Crippen LogP contribution in [-0.2, 0) is 6.54 Å². The number of carbonyl (C=O) groups excluding carboxylic acids is 1. The fraction of sp³-hybridized carbons (Fsp3) is 0.286. The molecule has 0 fully saturated rings. The van der Waals surface area contributed by atoms with Crippen LogP contribution in [0.1, 0.15) is 23.7 Å². The number of amides is 2. The van der Waals surface area contributed by atoms with Crippen LogP contribution in [0.2, 0.25) is 5.02 Å². The topological polar surface area (TPSA) is 67.2 Å². The minimum absolute atomic E-state index is 0.0433. The molecule has 2 rings (SSSR count). The van der Waals surface area contributed by atoms with Gasteiger partial charge in [0.15, 0.2) is 0 Å². The summed E-state index contributed by atoms with van der Waals surface area (Å²) in [5, 5.41) is 8.70. The van der Waals surface area contributed by atoms with E-state index in [2.05, 4.69) is 20.3 Å². The number of hydrogen-bond donors (Lipinski definition) is 2. The summed E-state index contributed by atoms with van der Waals surface area (Å²) in [5.41, 5.74) is 0.766. The highest BCUT2D eigenvalue weighted by Crippen LogP contribution is 2.30. The molecule has 9 heteroatoms. The van der Waals surface area contributed by atoms with E-state index in [0.29, 0.717) is 16.3 Å². The van der Waals surface area contributed by atoms with Crippen LogP contribution in [0.15, 0.2) is 41.1 Å². The molecule has 124 valence electrons. The standard InChI is InChI=1S/C14H13ClF3N3O2/c15-10-3-1-9(2-4-10)12(7-14(16,17)18)20-13(22)19-8-11-5-6-23-21-11/h1-6,12H,7-8H2,(H2,19,20,22)/t12-/m1/s1. The molecule has 23 heavy (non-hydrogen) atoms. The minimum Gasteiger partial charge on any atom is -0.364 e. The van der Waals surface area contributed by atoms with Crippen LogP contribution >= 0.6 is 11.6 Å². The van der Waals surface area contributed by atoms with E-state index >= 15 is 0 Å². The van der Waals surface area contributed by atoms with Gasteiger partial charge in [-0.25, -0.2) is 4.79 Å². The Morgan fingerprint density at radius 1 is 1.26 bits per heavy atom. The molecule has 2 aromatic rings. The average molecular weight is 348 g/mol. The Labute approximate surface area is 134 Å². The highest BCUT2D eigenvalue weighted by Gasteiger charge is 2.33. The molecule has 0 aliphatic carbocycles. The van der Waals surface area contributed by atoms with Crippen molar-refractivity contribution >= 4 is 17.6 Å². The molecular weight excluding hydrogens is 335 g/mol. The first kappa shape index (κ1) is 17.1. The number of urea groups is 1. The lowest BCUT2D eigenvalue weighted by atomic mass is 10.0. The van der Waals surface area contributed by atoms with Crippen LogP contribution in [0.25, 0.3) is 0 Å². The van der Waals surface area contributed by atoms with Gasteiger partial charge in [-0.05, 0) is 17.7 Å². The first-order chi connectivity index (χ1) is 10.8. The Kier molecular flexibility index (Phi) is 5.49. The van der Waals surface area contributed by atoms with Crippen molar-refractivity contribution in [2.24, 2.45) is 0 Å². The van der Waals surface area contributed by atoms with Crippen molar-refractivity contribution in [3.05, 3.63) is 52.9 Å². The Hall–Kier alpha value is -2.22. The minimum atomic E-state index is -4.43. The average Bonchev–Trinajstić information content (AvgIpc) is 2.97. The molecule has 0 bridgehead atoms. The molecule has 0 radical (unpaired) electrons. The number of hydrogen-bond acceptors (Lipinski definition) is 3. The number of nitrogens with zero attached hydrogens (tertiary/aromatic N) is 1. The summed E-state index contributed by atoms with van der Waals surface area (Å²) in [4.78, 5) is 11.8. The van der Waals surface area contributed by atoms with Crippen molar-refractivity contribution in [2.75, 3.05) is 0 Å². The molecule has 0 unspecified atom stereocenters. The molecule has 0 aliphatic heterocycles. The number of rotatable bonds is 5. The quantitative estimate of drug-likeness (QED) is 0.864. The zero-order chi connectivity index (χ0) is 16.9. The second-order valence-electron chi connectivity index (χ2n) is 4.74. The summed E-state index contributed by atoms with van der Waals surface area (Å²) < 4.78 is 42.7. The van der Waals surface area contributed by atoms with Gasteiger partial charge in [0.1, 0.15) is 12.0 Å². The highest BCUT2D eigenvalue weighted by molar-refractivity contribution is 6.30. The van der Waals surface area contributed by atoms with E-state index in [9.17, 15) is 18.0 Å². The molecular formula is C14H13ClF3N3O2. The largest absolute Gasteiger partial charge is 0.391 e. The predicted molar refractivity (Wildman–Crippen MR) is 76.7 cm³/mol. The molecule has 0 spiro atoms. The predicted octanol–water partition coefficient (Wildman–Crippen LogP) is 3.82. The van der Waals surface area contributed by atoms with Crippen LogP contribution in [0, 0.1) is 0 Å². The fourth-order valence-electron chi connectivity index (χ4n) is 1.89. The summed E-state index contributed by atoms with van der Waals surface area (Å²) in [6.45, 7) is 0.0433. The summed E-state index contributed by atoms with van der Waals surface area (Å²) in [5.74, 6) is 0. The zero-order valence-corrected chi connectivity index (χ0v) is 12.5. The summed E-state index contributed by atoms with van der Waals surface area (Å²) in [6.07, 6.45) is -4.29. The van der Waals surface area contributed by atoms with Crippen LogP contribution in [0.3, 0.4) is 0 Å². The molecule has 2 amide bonds. The Morgan fingerprint density at radius 2 is 1.96 bits per heavy atom. The molecule has 0 saturated heterocycles. The Bertz CT molecular complexity index is 630. The highest BCUT2D eigenvalue weighted by atomic mass is 35.5. The maximum absolute atomic E-state index is 12.7.